The Bertz CT molecular complexity index is 1170. The molecule has 128 valence electrons. The zero-order chi connectivity index (χ0) is 29.4. The van der Waals surface area contributed by atoms with E-state index in [1.165, 1.54) is 48.5 Å². The first-order valence-electron chi connectivity index (χ1n) is 14.2. The topological polar surface area (TPSA) is 12.5 Å². The summed E-state index contributed by atoms with van der Waals surface area (Å²) in [6.07, 6.45) is -11.0. The highest BCUT2D eigenvalue weighted by Gasteiger charge is 2.30. The second-order valence-corrected chi connectivity index (χ2v) is 5.59. The van der Waals surface area contributed by atoms with E-state index in [1.54, 1.807) is 6.07 Å². The van der Waals surface area contributed by atoms with Gasteiger partial charge in [0.15, 0.2) is 0 Å². The molecule has 2 atom stereocenters. The zero-order valence-corrected chi connectivity index (χ0v) is 13.7. The first-order chi connectivity index (χ1) is 17.0. The van der Waals surface area contributed by atoms with Crippen LogP contribution in [0.1, 0.15) is 56.3 Å². The molecule has 24 heavy (non-hydrogen) atoms. The maximum Gasteiger partial charge on any atom is 0.115 e. The highest BCUT2D eigenvalue weighted by molar-refractivity contribution is 6.30. The third-order valence-electron chi connectivity index (χ3n) is 3.54. The molecular weight excluding hydrogens is 318 g/mol. The van der Waals surface area contributed by atoms with E-state index in [1.807, 2.05) is 0 Å². The fourth-order valence-corrected chi connectivity index (χ4v) is 2.34. The second kappa shape index (κ2) is 7.69. The largest absolute Gasteiger partial charge is 0.366 e. The number of halogens is 1. The van der Waals surface area contributed by atoms with Crippen LogP contribution in [-0.4, -0.2) is 31.0 Å². The Balaban J connectivity index is 2.32. The molecule has 2 aromatic carbocycles. The van der Waals surface area contributed by atoms with Gasteiger partial charge in [-0.25, -0.2) is 0 Å². The molecule has 1 aliphatic rings. The van der Waals surface area contributed by atoms with Gasteiger partial charge < -0.3 is 9.64 Å². The van der Waals surface area contributed by atoms with Crippen molar-refractivity contribution in [3.63, 3.8) is 0 Å². The Kier molecular flexibility index (Phi) is 2.28. The number of hydrogen-bond acceptors (Lipinski definition) is 2. The van der Waals surface area contributed by atoms with Gasteiger partial charge in [-0.3, -0.25) is 0 Å². The summed E-state index contributed by atoms with van der Waals surface area (Å²) < 4.78 is 123. The molecule has 2 aromatic rings. The first-order valence-corrected chi connectivity index (χ1v) is 7.60. The third kappa shape index (κ3) is 3.83. The molecule has 0 unspecified atom stereocenters. The summed E-state index contributed by atoms with van der Waals surface area (Å²) in [5.74, 6) is 0. The molecular formula is C21H26ClNO. The van der Waals surface area contributed by atoms with Crippen LogP contribution in [0.4, 0.5) is 0 Å². The summed E-state index contributed by atoms with van der Waals surface area (Å²) in [6.45, 7) is -10.3. The van der Waals surface area contributed by atoms with Crippen molar-refractivity contribution in [3.8, 4) is 0 Å². The van der Waals surface area contributed by atoms with Crippen molar-refractivity contribution in [1.82, 2.24) is 4.90 Å². The minimum absolute atomic E-state index is 0.116. The van der Waals surface area contributed by atoms with Gasteiger partial charge in [0.05, 0.1) is 2.74 Å². The number of nitrogens with zero attached hydrogens (tertiary/aromatic N) is 1. The van der Waals surface area contributed by atoms with Crippen LogP contribution in [0.3, 0.4) is 0 Å². The van der Waals surface area contributed by atoms with Gasteiger partial charge in [0.25, 0.3) is 0 Å². The molecule has 0 amide bonds. The fraction of sp³-hybridized carbons (Fsp3) is 0.429. The van der Waals surface area contributed by atoms with E-state index in [4.69, 9.17) is 35.5 Å². The standard InChI is InChI=1S/C21H26ClNO/c1-21(17-7-4-3-5-8-17,18-10-12-19(22)13-11-18)24-16-14-20-9-6-15-23(20)2/h3-5,7-8,10-13,20H,6,9,14-16H2,1-2H3/t20-,21-/m1/s1/i1D3,6D2,9D2,14D2,15D2,16D2,20D. The van der Waals surface area contributed by atoms with Gasteiger partial charge in [-0.1, -0.05) is 54.1 Å². The lowest BCUT2D eigenvalue weighted by molar-refractivity contribution is -0.0117. The van der Waals surface area contributed by atoms with Crippen molar-refractivity contribution in [1.29, 1.82) is 0 Å². The molecule has 0 saturated carbocycles. The van der Waals surface area contributed by atoms with E-state index in [0.29, 0.717) is 0 Å². The highest BCUT2D eigenvalue weighted by atomic mass is 35.5. The smallest absolute Gasteiger partial charge is 0.115 e. The average molecular weight is 358 g/mol. The Labute approximate surface area is 170 Å². The average Bonchev–Trinajstić information content (AvgIpc) is 2.87. The van der Waals surface area contributed by atoms with Crippen LogP contribution in [0.25, 0.3) is 0 Å². The first kappa shape index (κ1) is 7.11. The normalized spacial score (nSPS) is 40.6. The van der Waals surface area contributed by atoms with Crippen molar-refractivity contribution >= 4 is 11.6 Å². The lowest BCUT2D eigenvalue weighted by atomic mass is 9.88. The molecule has 0 spiro atoms. The number of benzene rings is 2. The van der Waals surface area contributed by atoms with Gasteiger partial charge in [-0.15, -0.1) is 0 Å². The summed E-state index contributed by atoms with van der Waals surface area (Å²) in [7, 11) is 0.761. The molecule has 0 aliphatic carbocycles. The Morgan fingerprint density at radius 2 is 2.00 bits per heavy atom. The Morgan fingerprint density at radius 1 is 1.29 bits per heavy atom. The van der Waals surface area contributed by atoms with E-state index < -0.39 is 50.6 Å². The van der Waals surface area contributed by atoms with Crippen LogP contribution in [0.15, 0.2) is 54.6 Å². The van der Waals surface area contributed by atoms with Gasteiger partial charge in [0, 0.05) is 34.0 Å². The van der Waals surface area contributed by atoms with E-state index in [0.717, 1.165) is 7.05 Å². The molecule has 1 saturated heterocycles. The molecule has 0 radical (unpaired) electrons. The number of hydrogen-bond donors (Lipinski definition) is 0. The quantitative estimate of drug-likeness (QED) is 0.712. The van der Waals surface area contributed by atoms with E-state index in [9.17, 15) is 0 Å². The number of ether oxygens (including phenoxy) is 1. The lowest BCUT2D eigenvalue weighted by Gasteiger charge is -2.32. The summed E-state index contributed by atoms with van der Waals surface area (Å²) in [4.78, 5) is 0.142. The monoisotopic (exact) mass is 357 g/mol. The van der Waals surface area contributed by atoms with Gasteiger partial charge in [0.1, 0.15) is 5.60 Å². The fourth-order valence-electron chi connectivity index (χ4n) is 2.22. The molecule has 1 aliphatic heterocycles. The summed E-state index contributed by atoms with van der Waals surface area (Å²) >= 11 is 5.97. The molecule has 3 heteroatoms. The minimum Gasteiger partial charge on any atom is -0.366 e. The maximum atomic E-state index is 8.78. The third-order valence-corrected chi connectivity index (χ3v) is 3.80. The van der Waals surface area contributed by atoms with Crippen LogP contribution in [0, 0.1) is 0 Å². The molecule has 2 nitrogen and oxygen atoms in total. The second-order valence-electron chi connectivity index (χ2n) is 5.15. The predicted molar refractivity (Wildman–Crippen MR) is 101 cm³/mol. The predicted octanol–water partition coefficient (Wildman–Crippen LogP) is 5.10. The molecule has 3 rings (SSSR count). The van der Waals surface area contributed by atoms with Crippen LogP contribution in [0.2, 0.25) is 5.02 Å². The Morgan fingerprint density at radius 3 is 2.62 bits per heavy atom. The maximum absolute atomic E-state index is 8.78. The molecule has 0 bridgehead atoms. The van der Waals surface area contributed by atoms with Crippen LogP contribution < -0.4 is 0 Å². The Hall–Kier alpha value is -1.35. The zero-order valence-electron chi connectivity index (χ0n) is 26.9. The molecule has 1 heterocycles. The molecule has 1 fully saturated rings. The van der Waals surface area contributed by atoms with Gasteiger partial charge in [-0.2, -0.15) is 0 Å². The van der Waals surface area contributed by atoms with Gasteiger partial charge in [-0.05, 0) is 62.8 Å². The van der Waals surface area contributed by atoms with Crippen molar-refractivity contribution in [2.75, 3.05) is 20.1 Å². The molecule has 0 aromatic heterocycles. The summed E-state index contributed by atoms with van der Waals surface area (Å²) in [5.41, 5.74) is -2.98. The van der Waals surface area contributed by atoms with Crippen LogP contribution in [-0.2, 0) is 10.3 Å². The van der Waals surface area contributed by atoms with E-state index >= 15 is 0 Å². The van der Waals surface area contributed by atoms with Gasteiger partial charge >= 0.3 is 0 Å². The van der Waals surface area contributed by atoms with E-state index in [-0.39, 0.29) is 21.0 Å². The number of likely N-dealkylation sites (tertiary alicyclic amines) is 1. The van der Waals surface area contributed by atoms with Crippen LogP contribution >= 0.6 is 11.6 Å². The highest BCUT2D eigenvalue weighted by Crippen LogP contribution is 2.34. The molecule has 0 N–H and O–H groups in total. The lowest BCUT2D eigenvalue weighted by Crippen LogP contribution is -2.31. The summed E-state index contributed by atoms with van der Waals surface area (Å²) in [5, 5.41) is 0.218. The van der Waals surface area contributed by atoms with Crippen molar-refractivity contribution < 1.29 is 23.9 Å². The van der Waals surface area contributed by atoms with Crippen molar-refractivity contribution in [2.45, 2.75) is 37.6 Å². The minimum atomic E-state index is -3.87. The number of rotatable bonds is 6. The van der Waals surface area contributed by atoms with Crippen LogP contribution in [0.5, 0.6) is 0 Å². The van der Waals surface area contributed by atoms with Gasteiger partial charge in [0.2, 0.25) is 0 Å². The van der Waals surface area contributed by atoms with Crippen molar-refractivity contribution in [3.05, 3.63) is 70.7 Å². The van der Waals surface area contributed by atoms with Crippen molar-refractivity contribution in [2.24, 2.45) is 0 Å². The summed E-state index contributed by atoms with van der Waals surface area (Å²) in [6, 6.07) is 8.70. The SMILES string of the molecule is [2H]C([2H])(O[C@](c1ccccc1)(c1ccc(Cl)cc1)C([2H])([2H])[2H])C([2H])([2H])[C@]1([2H])N(C)C([2H])([2H])C([2H])([2H])C1([2H])[2H]. The van der Waals surface area contributed by atoms with E-state index in [2.05, 4.69) is 0 Å².